The van der Waals surface area contributed by atoms with Crippen LogP contribution < -0.4 is 4.90 Å². The Bertz CT molecular complexity index is 1290. The standard InChI is InChI=1S/C23H16ClN3O5/c1-13-8-9-15(24)12-18(13)26-20(17-7-2-3-10-25-17)19(22(29)23(26)30)21(28)14-5-4-6-16(11-14)27(31)32/h2-12,20,28H,1H3/b21-19-. The van der Waals surface area contributed by atoms with Gasteiger partial charge in [0.05, 0.1) is 16.2 Å². The maximum absolute atomic E-state index is 13.1. The molecule has 9 heteroatoms. The van der Waals surface area contributed by atoms with E-state index in [1.165, 1.54) is 29.3 Å². The van der Waals surface area contributed by atoms with E-state index in [9.17, 15) is 24.8 Å². The molecule has 1 aromatic heterocycles. The lowest BCUT2D eigenvalue weighted by Gasteiger charge is -2.26. The number of non-ortho nitro benzene ring substituents is 1. The summed E-state index contributed by atoms with van der Waals surface area (Å²) in [6.07, 6.45) is 1.51. The van der Waals surface area contributed by atoms with Crippen molar-refractivity contribution in [2.75, 3.05) is 4.90 Å². The van der Waals surface area contributed by atoms with Gasteiger partial charge in [-0.25, -0.2) is 0 Å². The lowest BCUT2D eigenvalue weighted by Crippen LogP contribution is -2.30. The van der Waals surface area contributed by atoms with Crippen molar-refractivity contribution in [3.63, 3.8) is 0 Å². The van der Waals surface area contributed by atoms with Crippen LogP contribution in [0.2, 0.25) is 5.02 Å². The first-order valence-electron chi connectivity index (χ1n) is 9.52. The van der Waals surface area contributed by atoms with Gasteiger partial charge in [0, 0.05) is 34.6 Å². The average molecular weight is 450 g/mol. The third kappa shape index (κ3) is 3.61. The zero-order chi connectivity index (χ0) is 23.0. The van der Waals surface area contributed by atoms with Gasteiger partial charge in [0.2, 0.25) is 0 Å². The quantitative estimate of drug-likeness (QED) is 0.205. The van der Waals surface area contributed by atoms with Crippen molar-refractivity contribution in [1.82, 2.24) is 4.98 Å². The number of carbonyl (C=O) groups is 2. The maximum Gasteiger partial charge on any atom is 0.300 e. The molecule has 1 aliphatic rings. The Labute approximate surface area is 187 Å². The highest BCUT2D eigenvalue weighted by atomic mass is 35.5. The zero-order valence-electron chi connectivity index (χ0n) is 16.7. The number of nitrogens with zero attached hydrogens (tertiary/aromatic N) is 3. The van der Waals surface area contributed by atoms with Gasteiger partial charge >= 0.3 is 0 Å². The second-order valence-corrected chi connectivity index (χ2v) is 7.60. The van der Waals surface area contributed by atoms with E-state index in [4.69, 9.17) is 11.6 Å². The Balaban J connectivity index is 1.97. The highest BCUT2D eigenvalue weighted by Crippen LogP contribution is 2.43. The smallest absolute Gasteiger partial charge is 0.300 e. The molecule has 1 fully saturated rings. The molecule has 2 heterocycles. The van der Waals surface area contributed by atoms with E-state index in [0.717, 1.165) is 6.07 Å². The van der Waals surface area contributed by atoms with E-state index < -0.39 is 28.4 Å². The lowest BCUT2D eigenvalue weighted by molar-refractivity contribution is -0.384. The first-order chi connectivity index (χ1) is 15.3. The van der Waals surface area contributed by atoms with Crippen molar-refractivity contribution in [2.45, 2.75) is 13.0 Å². The van der Waals surface area contributed by atoms with Crippen LogP contribution in [0.4, 0.5) is 11.4 Å². The number of aliphatic hydroxyl groups is 1. The fourth-order valence-corrected chi connectivity index (χ4v) is 3.83. The van der Waals surface area contributed by atoms with Crippen LogP contribution in [0.3, 0.4) is 0 Å². The van der Waals surface area contributed by atoms with Crippen LogP contribution in [0.25, 0.3) is 5.76 Å². The average Bonchev–Trinajstić information content (AvgIpc) is 3.06. The van der Waals surface area contributed by atoms with Crippen LogP contribution in [0, 0.1) is 17.0 Å². The van der Waals surface area contributed by atoms with Crippen molar-refractivity contribution >= 4 is 40.4 Å². The first kappa shape index (κ1) is 21.2. The molecule has 1 N–H and O–H groups in total. The van der Waals surface area contributed by atoms with Crippen LogP contribution in [-0.2, 0) is 9.59 Å². The molecule has 3 aromatic rings. The Hall–Kier alpha value is -4.04. The summed E-state index contributed by atoms with van der Waals surface area (Å²) >= 11 is 6.15. The number of carbonyl (C=O) groups excluding carboxylic acids is 2. The number of aromatic nitrogens is 1. The molecule has 1 amide bonds. The van der Waals surface area contributed by atoms with Crippen molar-refractivity contribution in [3.8, 4) is 0 Å². The predicted molar refractivity (Wildman–Crippen MR) is 118 cm³/mol. The second-order valence-electron chi connectivity index (χ2n) is 7.16. The predicted octanol–water partition coefficient (Wildman–Crippen LogP) is 4.58. The van der Waals surface area contributed by atoms with Crippen LogP contribution in [0.5, 0.6) is 0 Å². The van der Waals surface area contributed by atoms with Crippen molar-refractivity contribution in [1.29, 1.82) is 0 Å². The van der Waals surface area contributed by atoms with E-state index in [0.29, 0.717) is 22.0 Å². The van der Waals surface area contributed by atoms with E-state index >= 15 is 0 Å². The van der Waals surface area contributed by atoms with E-state index in [-0.39, 0.29) is 16.8 Å². The van der Waals surface area contributed by atoms with Gasteiger partial charge in [-0.15, -0.1) is 0 Å². The summed E-state index contributed by atoms with van der Waals surface area (Å²) in [6.45, 7) is 1.76. The minimum absolute atomic E-state index is 0.0425. The monoisotopic (exact) mass is 449 g/mol. The highest BCUT2D eigenvalue weighted by molar-refractivity contribution is 6.52. The number of amides is 1. The minimum atomic E-state index is -1.05. The molecule has 4 rings (SSSR count). The summed E-state index contributed by atoms with van der Waals surface area (Å²) in [7, 11) is 0. The van der Waals surface area contributed by atoms with Crippen LogP contribution in [0.1, 0.15) is 22.9 Å². The summed E-state index contributed by atoms with van der Waals surface area (Å²) in [4.78, 5) is 42.3. The number of pyridine rings is 1. The normalized spacial score (nSPS) is 17.6. The Kier molecular flexibility index (Phi) is 5.46. The van der Waals surface area contributed by atoms with Gasteiger partial charge in [-0.05, 0) is 36.8 Å². The van der Waals surface area contributed by atoms with Gasteiger partial charge in [-0.2, -0.15) is 0 Å². The molecule has 160 valence electrons. The molecule has 1 aliphatic heterocycles. The number of anilines is 1. The first-order valence-corrected chi connectivity index (χ1v) is 9.90. The summed E-state index contributed by atoms with van der Waals surface area (Å²) in [5.74, 6) is -2.31. The molecule has 0 aliphatic carbocycles. The van der Waals surface area contributed by atoms with Crippen molar-refractivity contribution < 1.29 is 19.6 Å². The maximum atomic E-state index is 13.1. The van der Waals surface area contributed by atoms with Crippen LogP contribution >= 0.6 is 11.6 Å². The highest BCUT2D eigenvalue weighted by Gasteiger charge is 2.48. The van der Waals surface area contributed by atoms with E-state index in [1.54, 1.807) is 43.3 Å². The van der Waals surface area contributed by atoms with E-state index in [1.807, 2.05) is 0 Å². The summed E-state index contributed by atoms with van der Waals surface area (Å²) in [5.41, 5.74) is 0.997. The Morgan fingerprint density at radius 2 is 1.91 bits per heavy atom. The topological polar surface area (TPSA) is 114 Å². The number of benzene rings is 2. The molecule has 1 unspecified atom stereocenters. The number of rotatable bonds is 4. The molecular formula is C23H16ClN3O5. The number of halogens is 1. The third-order valence-electron chi connectivity index (χ3n) is 5.17. The molecule has 0 bridgehead atoms. The molecule has 2 aromatic carbocycles. The number of hydrogen-bond acceptors (Lipinski definition) is 6. The largest absolute Gasteiger partial charge is 0.507 e. The summed E-state index contributed by atoms with van der Waals surface area (Å²) in [6, 6.07) is 14.1. The molecule has 0 radical (unpaired) electrons. The number of Topliss-reactive ketones (excluding diaryl/α,β-unsaturated/α-hetero) is 1. The van der Waals surface area contributed by atoms with Gasteiger partial charge < -0.3 is 5.11 Å². The molecular weight excluding hydrogens is 434 g/mol. The van der Waals surface area contributed by atoms with Crippen molar-refractivity contribution in [2.24, 2.45) is 0 Å². The molecule has 32 heavy (non-hydrogen) atoms. The summed E-state index contributed by atoms with van der Waals surface area (Å²) in [5, 5.41) is 22.6. The van der Waals surface area contributed by atoms with Gasteiger partial charge in [-0.3, -0.25) is 29.6 Å². The van der Waals surface area contributed by atoms with Gasteiger partial charge in [0.25, 0.3) is 17.4 Å². The number of nitro groups is 1. The Morgan fingerprint density at radius 1 is 1.12 bits per heavy atom. The third-order valence-corrected chi connectivity index (χ3v) is 5.41. The SMILES string of the molecule is Cc1ccc(Cl)cc1N1C(=O)C(=O)/C(=C(\O)c2cccc([N+](=O)[O-])c2)C1c1ccccn1. The van der Waals surface area contributed by atoms with Gasteiger partial charge in [0.15, 0.2) is 0 Å². The number of aliphatic hydroxyl groups excluding tert-OH is 1. The molecule has 1 atom stereocenters. The number of nitro benzene ring substituents is 1. The van der Waals surface area contributed by atoms with Crippen LogP contribution in [0.15, 0.2) is 72.4 Å². The van der Waals surface area contributed by atoms with Gasteiger partial charge in [-0.1, -0.05) is 35.9 Å². The number of aryl methyl sites for hydroxylation is 1. The fourth-order valence-electron chi connectivity index (χ4n) is 3.66. The zero-order valence-corrected chi connectivity index (χ0v) is 17.5. The number of ketones is 1. The van der Waals surface area contributed by atoms with Crippen molar-refractivity contribution in [3.05, 3.63) is 104 Å². The molecule has 1 saturated heterocycles. The molecule has 8 nitrogen and oxygen atoms in total. The summed E-state index contributed by atoms with van der Waals surface area (Å²) < 4.78 is 0. The lowest BCUT2D eigenvalue weighted by atomic mass is 9.97. The molecule has 0 saturated carbocycles. The van der Waals surface area contributed by atoms with Crippen LogP contribution in [-0.4, -0.2) is 26.7 Å². The number of hydrogen-bond donors (Lipinski definition) is 1. The van der Waals surface area contributed by atoms with E-state index in [2.05, 4.69) is 4.98 Å². The fraction of sp³-hybridized carbons (Fsp3) is 0.0870. The molecule has 0 spiro atoms. The van der Waals surface area contributed by atoms with Gasteiger partial charge in [0.1, 0.15) is 11.8 Å². The Morgan fingerprint density at radius 3 is 2.59 bits per heavy atom. The minimum Gasteiger partial charge on any atom is -0.507 e. The second kappa shape index (κ2) is 8.24.